The molecule has 0 saturated carbocycles. The Morgan fingerprint density at radius 1 is 0.895 bits per heavy atom. The van der Waals surface area contributed by atoms with E-state index in [1.807, 2.05) is 44.2 Å². The van der Waals surface area contributed by atoms with E-state index in [0.717, 1.165) is 16.3 Å². The van der Waals surface area contributed by atoms with E-state index in [0.29, 0.717) is 51.9 Å². The number of esters is 1. The minimum atomic E-state index is -0.718. The lowest BCUT2D eigenvalue weighted by atomic mass is 9.89. The van der Waals surface area contributed by atoms with Crippen LogP contribution in [0.1, 0.15) is 36.2 Å². The molecule has 4 aliphatic rings. The van der Waals surface area contributed by atoms with Crippen LogP contribution in [0.3, 0.4) is 0 Å². The molecule has 3 unspecified atom stereocenters. The van der Waals surface area contributed by atoms with E-state index >= 15 is 0 Å². The molecular weight excluding hydrogens is 496 g/mol. The molecule has 4 aliphatic heterocycles. The normalized spacial score (nSPS) is 24.3. The molecule has 10 heteroatoms. The first-order chi connectivity index (χ1) is 18.3. The van der Waals surface area contributed by atoms with E-state index in [4.69, 9.17) is 42.6 Å². The molecule has 0 aromatic heterocycles. The van der Waals surface area contributed by atoms with Crippen LogP contribution in [0.15, 0.2) is 30.3 Å². The van der Waals surface area contributed by atoms with E-state index < -0.39 is 24.3 Å². The first kappa shape index (κ1) is 23.4. The molecule has 10 nitrogen and oxygen atoms in total. The third-order valence-corrected chi connectivity index (χ3v) is 7.18. The van der Waals surface area contributed by atoms with Crippen molar-refractivity contribution in [3.05, 3.63) is 41.5 Å². The summed E-state index contributed by atoms with van der Waals surface area (Å²) in [5, 5.41) is 1.44. The molecular formula is C28H26O10. The Bertz CT molecular complexity index is 1460. The van der Waals surface area contributed by atoms with Gasteiger partial charge in [-0.2, -0.15) is 0 Å². The van der Waals surface area contributed by atoms with Crippen LogP contribution < -0.4 is 23.7 Å². The van der Waals surface area contributed by atoms with Gasteiger partial charge >= 0.3 is 5.97 Å². The number of ether oxygens (including phenoxy) is 9. The average molecular weight is 523 g/mol. The molecule has 3 aromatic carbocycles. The van der Waals surface area contributed by atoms with Gasteiger partial charge in [0.25, 0.3) is 0 Å². The summed E-state index contributed by atoms with van der Waals surface area (Å²) in [6.45, 7) is 3.90. The number of methoxy groups -OCH3 is 2. The number of fused-ring (bicyclic) bond motifs is 4. The van der Waals surface area contributed by atoms with E-state index in [2.05, 4.69) is 0 Å². The zero-order chi connectivity index (χ0) is 26.2. The number of cyclic esters (lactones) is 1. The van der Waals surface area contributed by atoms with Gasteiger partial charge in [-0.05, 0) is 49.1 Å². The number of hydrogen-bond donors (Lipinski definition) is 0. The topological polar surface area (TPSA) is 100 Å². The highest BCUT2D eigenvalue weighted by atomic mass is 16.9. The Morgan fingerprint density at radius 2 is 1.66 bits per heavy atom. The number of hydrogen-bond acceptors (Lipinski definition) is 10. The van der Waals surface area contributed by atoms with Gasteiger partial charge in [0, 0.05) is 22.9 Å². The fraction of sp³-hybridized carbons (Fsp3) is 0.393. The molecule has 0 amide bonds. The smallest absolute Gasteiger partial charge is 0.339 e. The van der Waals surface area contributed by atoms with Crippen molar-refractivity contribution in [3.63, 3.8) is 0 Å². The molecule has 7 rings (SSSR count). The SMILES string of the molecule is COc1cc2c(OC3CC4OC(C)(C)OC4O3)c3c(c(-c4ccc5c(c4)OCO5)c2cc1OC)C(=O)OC3. The third kappa shape index (κ3) is 3.55. The van der Waals surface area contributed by atoms with Crippen molar-refractivity contribution < 1.29 is 47.4 Å². The largest absolute Gasteiger partial charge is 0.493 e. The van der Waals surface area contributed by atoms with Gasteiger partial charge < -0.3 is 42.6 Å². The van der Waals surface area contributed by atoms with E-state index in [1.165, 1.54) is 0 Å². The van der Waals surface area contributed by atoms with E-state index in [-0.39, 0.29) is 19.5 Å². The maximum Gasteiger partial charge on any atom is 0.339 e. The fourth-order valence-corrected chi connectivity index (χ4v) is 5.57. The summed E-state index contributed by atoms with van der Waals surface area (Å²) in [5.74, 6) is 1.60. The van der Waals surface area contributed by atoms with Crippen LogP contribution in [0.25, 0.3) is 21.9 Å². The molecule has 0 aliphatic carbocycles. The highest BCUT2D eigenvalue weighted by molar-refractivity contribution is 6.14. The molecule has 3 atom stereocenters. The van der Waals surface area contributed by atoms with Crippen LogP contribution in [0.5, 0.6) is 28.7 Å². The zero-order valence-corrected chi connectivity index (χ0v) is 21.3. The van der Waals surface area contributed by atoms with Gasteiger partial charge in [0.15, 0.2) is 35.1 Å². The summed E-state index contributed by atoms with van der Waals surface area (Å²) in [6, 6.07) is 9.26. The summed E-state index contributed by atoms with van der Waals surface area (Å²) in [6.07, 6.45) is -0.964. The highest BCUT2D eigenvalue weighted by Gasteiger charge is 2.50. The van der Waals surface area contributed by atoms with Crippen molar-refractivity contribution in [2.24, 2.45) is 0 Å². The molecule has 0 radical (unpaired) electrons. The second-order valence-corrected chi connectivity index (χ2v) is 9.92. The minimum absolute atomic E-state index is 0.0605. The van der Waals surface area contributed by atoms with Gasteiger partial charge in [0.05, 0.1) is 19.8 Å². The molecule has 3 aromatic rings. The van der Waals surface area contributed by atoms with Gasteiger partial charge in [0.1, 0.15) is 18.5 Å². The quantitative estimate of drug-likeness (QED) is 0.445. The second kappa shape index (κ2) is 8.39. The van der Waals surface area contributed by atoms with Crippen molar-refractivity contribution in [1.29, 1.82) is 0 Å². The number of carbonyl (C=O) groups is 1. The monoisotopic (exact) mass is 522 g/mol. The zero-order valence-electron chi connectivity index (χ0n) is 21.3. The van der Waals surface area contributed by atoms with E-state index in [9.17, 15) is 4.79 Å². The molecule has 38 heavy (non-hydrogen) atoms. The lowest BCUT2D eigenvalue weighted by Crippen LogP contribution is -2.26. The average Bonchev–Trinajstić information content (AvgIpc) is 3.66. The van der Waals surface area contributed by atoms with Gasteiger partial charge in [0.2, 0.25) is 13.1 Å². The van der Waals surface area contributed by atoms with Crippen molar-refractivity contribution in [2.45, 2.75) is 51.3 Å². The standard InChI is InChI=1S/C28H26O10/c1-28(2)37-21-10-22(36-27(21)38-28)35-25-15-9-19(31-4)18(30-3)8-14(15)23(24-16(25)11-32-26(24)29)13-5-6-17-20(7-13)34-12-33-17/h5-9,21-22,27H,10-12H2,1-4H3. The highest BCUT2D eigenvalue weighted by Crippen LogP contribution is 2.50. The van der Waals surface area contributed by atoms with Crippen LogP contribution in [0, 0.1) is 0 Å². The summed E-state index contributed by atoms with van der Waals surface area (Å²) in [7, 11) is 3.14. The van der Waals surface area contributed by atoms with Crippen LogP contribution >= 0.6 is 0 Å². The second-order valence-electron chi connectivity index (χ2n) is 9.92. The summed E-state index contributed by atoms with van der Waals surface area (Å²) in [5.41, 5.74) is 2.50. The van der Waals surface area contributed by atoms with Crippen LogP contribution in [0.4, 0.5) is 0 Å². The summed E-state index contributed by atoms with van der Waals surface area (Å²) in [4.78, 5) is 13.2. The Labute approximate surface area is 218 Å². The van der Waals surface area contributed by atoms with Gasteiger partial charge in [-0.1, -0.05) is 6.07 Å². The fourth-order valence-electron chi connectivity index (χ4n) is 5.57. The number of benzene rings is 3. The first-order valence-electron chi connectivity index (χ1n) is 12.3. The van der Waals surface area contributed by atoms with Crippen molar-refractivity contribution in [1.82, 2.24) is 0 Å². The lowest BCUT2D eigenvalue weighted by molar-refractivity contribution is -0.228. The summed E-state index contributed by atoms with van der Waals surface area (Å²) >= 11 is 0. The number of carbonyl (C=O) groups excluding carboxylic acids is 1. The molecule has 2 fully saturated rings. The first-order valence-corrected chi connectivity index (χ1v) is 12.3. The minimum Gasteiger partial charge on any atom is -0.493 e. The van der Waals surface area contributed by atoms with Gasteiger partial charge in [-0.3, -0.25) is 0 Å². The molecule has 0 bridgehead atoms. The Kier molecular flexibility index (Phi) is 5.16. The third-order valence-electron chi connectivity index (χ3n) is 7.18. The molecule has 4 heterocycles. The van der Waals surface area contributed by atoms with Crippen LogP contribution in [0.2, 0.25) is 0 Å². The van der Waals surface area contributed by atoms with Crippen molar-refractivity contribution >= 4 is 16.7 Å². The number of rotatable bonds is 5. The summed E-state index contributed by atoms with van der Waals surface area (Å²) < 4.78 is 52.2. The molecule has 198 valence electrons. The Morgan fingerprint density at radius 3 is 2.42 bits per heavy atom. The maximum atomic E-state index is 13.2. The Hall–Kier alpha value is -3.73. The van der Waals surface area contributed by atoms with Gasteiger partial charge in [-0.25, -0.2) is 4.79 Å². The predicted molar refractivity (Wildman–Crippen MR) is 132 cm³/mol. The molecule has 0 spiro atoms. The van der Waals surface area contributed by atoms with E-state index in [1.54, 1.807) is 14.2 Å². The predicted octanol–water partition coefficient (Wildman–Crippen LogP) is 4.53. The van der Waals surface area contributed by atoms with Crippen molar-refractivity contribution in [2.75, 3.05) is 21.0 Å². The lowest BCUT2D eigenvalue weighted by Gasteiger charge is -2.23. The van der Waals surface area contributed by atoms with Crippen LogP contribution in [-0.2, 0) is 25.6 Å². The Balaban J connectivity index is 1.41. The van der Waals surface area contributed by atoms with Crippen molar-refractivity contribution in [3.8, 4) is 39.9 Å². The molecule has 0 N–H and O–H groups in total. The molecule has 2 saturated heterocycles. The maximum absolute atomic E-state index is 13.2. The van der Waals surface area contributed by atoms with Gasteiger partial charge in [-0.15, -0.1) is 0 Å². The van der Waals surface area contributed by atoms with Crippen LogP contribution in [-0.4, -0.2) is 51.5 Å².